The summed E-state index contributed by atoms with van der Waals surface area (Å²) in [7, 11) is -1.40. The van der Waals surface area contributed by atoms with E-state index in [4.69, 9.17) is 0 Å². The van der Waals surface area contributed by atoms with Gasteiger partial charge in [0, 0.05) is 17.6 Å². The molecule has 0 unspecified atom stereocenters. The number of benzene rings is 1. The molecule has 6 nitrogen and oxygen atoms in total. The van der Waals surface area contributed by atoms with Crippen molar-refractivity contribution in [3.8, 4) is 0 Å². The Balaban J connectivity index is 1.76. The van der Waals surface area contributed by atoms with Gasteiger partial charge in [-0.3, -0.25) is 4.79 Å². The standard InChI is InChI=1S/C19H29N3O3S/c1-15-5-4-6-16(2)22(15)19(23)17-7-9-18(10-8-17)26(24,25)21-13-11-20(3)12-14-21/h7-10,15-16H,4-6,11-14H2,1-3H3/p+1/t15-,16-/m1/s1. The van der Waals surface area contributed by atoms with Crippen molar-refractivity contribution in [2.75, 3.05) is 33.2 Å². The predicted molar refractivity (Wildman–Crippen MR) is 101 cm³/mol. The topological polar surface area (TPSA) is 62.1 Å². The van der Waals surface area contributed by atoms with Crippen LogP contribution in [0.2, 0.25) is 0 Å². The van der Waals surface area contributed by atoms with E-state index in [1.807, 2.05) is 4.90 Å². The summed E-state index contributed by atoms with van der Waals surface area (Å²) in [6.07, 6.45) is 3.19. The lowest BCUT2D eigenvalue weighted by molar-refractivity contribution is -0.883. The van der Waals surface area contributed by atoms with E-state index < -0.39 is 10.0 Å². The SMILES string of the molecule is C[C@@H]1CCC[C@@H](C)N1C(=O)c1ccc(S(=O)(=O)N2CC[NH+](C)CC2)cc1. The maximum Gasteiger partial charge on any atom is 0.254 e. The third kappa shape index (κ3) is 3.80. The molecule has 2 atom stereocenters. The van der Waals surface area contributed by atoms with Crippen molar-refractivity contribution >= 4 is 15.9 Å². The smallest absolute Gasteiger partial charge is 0.254 e. The Morgan fingerprint density at radius 2 is 1.58 bits per heavy atom. The molecule has 26 heavy (non-hydrogen) atoms. The molecule has 2 fully saturated rings. The van der Waals surface area contributed by atoms with Crippen LogP contribution in [0.4, 0.5) is 0 Å². The molecule has 0 saturated carbocycles. The molecule has 1 aromatic carbocycles. The van der Waals surface area contributed by atoms with Crippen LogP contribution >= 0.6 is 0 Å². The van der Waals surface area contributed by atoms with E-state index >= 15 is 0 Å². The molecule has 2 heterocycles. The highest BCUT2D eigenvalue weighted by Gasteiger charge is 2.31. The molecule has 0 aliphatic carbocycles. The Morgan fingerprint density at radius 1 is 1.04 bits per heavy atom. The van der Waals surface area contributed by atoms with Gasteiger partial charge in [-0.15, -0.1) is 0 Å². The average molecular weight is 381 g/mol. The predicted octanol–water partition coefficient (Wildman–Crippen LogP) is 0.609. The number of piperidine rings is 1. The van der Waals surface area contributed by atoms with Gasteiger partial charge in [0.15, 0.2) is 0 Å². The molecule has 1 N–H and O–H groups in total. The fraction of sp³-hybridized carbons (Fsp3) is 0.632. The van der Waals surface area contributed by atoms with Gasteiger partial charge in [-0.25, -0.2) is 8.42 Å². The summed E-state index contributed by atoms with van der Waals surface area (Å²) in [6, 6.07) is 6.92. The van der Waals surface area contributed by atoms with Crippen molar-refractivity contribution < 1.29 is 18.1 Å². The number of nitrogens with one attached hydrogen (secondary N) is 1. The van der Waals surface area contributed by atoms with E-state index in [2.05, 4.69) is 20.9 Å². The fourth-order valence-corrected chi connectivity index (χ4v) is 5.44. The maximum absolute atomic E-state index is 12.9. The summed E-state index contributed by atoms with van der Waals surface area (Å²) in [6.45, 7) is 6.89. The van der Waals surface area contributed by atoms with Gasteiger partial charge in [-0.1, -0.05) is 0 Å². The van der Waals surface area contributed by atoms with Gasteiger partial charge >= 0.3 is 0 Å². The molecular weight excluding hydrogens is 350 g/mol. The minimum atomic E-state index is -3.48. The van der Waals surface area contributed by atoms with E-state index in [9.17, 15) is 13.2 Å². The van der Waals surface area contributed by atoms with Crippen LogP contribution in [0, 0.1) is 0 Å². The van der Waals surface area contributed by atoms with Gasteiger partial charge in [0.2, 0.25) is 10.0 Å². The molecule has 0 radical (unpaired) electrons. The van der Waals surface area contributed by atoms with Crippen molar-refractivity contribution in [1.29, 1.82) is 0 Å². The second-order valence-electron chi connectivity index (χ2n) is 7.73. The first-order valence-corrected chi connectivity index (χ1v) is 11.0. The number of hydrogen-bond acceptors (Lipinski definition) is 3. The first-order valence-electron chi connectivity index (χ1n) is 9.55. The van der Waals surface area contributed by atoms with Crippen LogP contribution in [-0.2, 0) is 10.0 Å². The van der Waals surface area contributed by atoms with Crippen LogP contribution in [0.3, 0.4) is 0 Å². The summed E-state index contributed by atoms with van der Waals surface area (Å²) in [5, 5.41) is 0. The summed E-state index contributed by atoms with van der Waals surface area (Å²) < 4.78 is 27.2. The van der Waals surface area contributed by atoms with Gasteiger partial charge in [0.05, 0.1) is 38.1 Å². The summed E-state index contributed by atoms with van der Waals surface area (Å²) in [4.78, 5) is 16.4. The second kappa shape index (κ2) is 7.66. The molecule has 1 amide bonds. The number of piperazine rings is 1. The van der Waals surface area contributed by atoms with Gasteiger partial charge < -0.3 is 9.80 Å². The Morgan fingerprint density at radius 3 is 2.12 bits per heavy atom. The number of likely N-dealkylation sites (tertiary alicyclic amines) is 1. The van der Waals surface area contributed by atoms with Crippen molar-refractivity contribution in [3.05, 3.63) is 29.8 Å². The zero-order chi connectivity index (χ0) is 18.9. The number of amides is 1. The minimum absolute atomic E-state index is 0.00292. The van der Waals surface area contributed by atoms with Crippen LogP contribution in [0.5, 0.6) is 0 Å². The molecule has 2 saturated heterocycles. The van der Waals surface area contributed by atoms with E-state index in [0.29, 0.717) is 18.7 Å². The fourth-order valence-electron chi connectivity index (χ4n) is 4.00. The summed E-state index contributed by atoms with van der Waals surface area (Å²) in [5.74, 6) is -0.00292. The first-order chi connectivity index (χ1) is 12.3. The molecule has 1 aromatic rings. The lowest BCUT2D eigenvalue weighted by atomic mass is 9.96. The highest BCUT2D eigenvalue weighted by atomic mass is 32.2. The van der Waals surface area contributed by atoms with Gasteiger partial charge in [-0.2, -0.15) is 4.31 Å². The molecule has 3 rings (SSSR count). The number of nitrogens with zero attached hydrogens (tertiary/aromatic N) is 2. The number of hydrogen-bond donors (Lipinski definition) is 1. The molecule has 144 valence electrons. The van der Waals surface area contributed by atoms with Crippen molar-refractivity contribution in [2.45, 2.75) is 50.1 Å². The van der Waals surface area contributed by atoms with Crippen molar-refractivity contribution in [3.63, 3.8) is 0 Å². The van der Waals surface area contributed by atoms with Gasteiger partial charge in [0.1, 0.15) is 0 Å². The Bertz CT molecular complexity index is 730. The van der Waals surface area contributed by atoms with Crippen LogP contribution in [0.25, 0.3) is 0 Å². The Hall–Kier alpha value is -1.44. The highest BCUT2D eigenvalue weighted by Crippen LogP contribution is 2.25. The molecule has 0 bridgehead atoms. The second-order valence-corrected chi connectivity index (χ2v) is 9.66. The number of rotatable bonds is 3. The molecule has 7 heteroatoms. The van der Waals surface area contributed by atoms with E-state index in [-0.39, 0.29) is 22.9 Å². The van der Waals surface area contributed by atoms with Crippen LogP contribution < -0.4 is 4.90 Å². The van der Waals surface area contributed by atoms with Crippen LogP contribution in [-0.4, -0.2) is 68.8 Å². The molecule has 2 aliphatic rings. The molecule has 0 spiro atoms. The largest absolute Gasteiger partial charge is 0.335 e. The lowest BCUT2D eigenvalue weighted by Gasteiger charge is -2.39. The Labute approximate surface area is 156 Å². The number of carbonyl (C=O) groups excluding carboxylic acids is 1. The maximum atomic E-state index is 12.9. The van der Waals surface area contributed by atoms with E-state index in [1.54, 1.807) is 28.6 Å². The third-order valence-electron chi connectivity index (χ3n) is 5.74. The van der Waals surface area contributed by atoms with Crippen molar-refractivity contribution in [1.82, 2.24) is 9.21 Å². The first kappa shape index (κ1) is 19.3. The van der Waals surface area contributed by atoms with Crippen molar-refractivity contribution in [2.24, 2.45) is 0 Å². The molecule has 0 aromatic heterocycles. The third-order valence-corrected chi connectivity index (χ3v) is 7.66. The zero-order valence-electron chi connectivity index (χ0n) is 15.9. The van der Waals surface area contributed by atoms with Gasteiger partial charge in [0.25, 0.3) is 5.91 Å². The number of likely N-dealkylation sites (N-methyl/N-ethyl adjacent to an activating group) is 1. The Kier molecular flexibility index (Phi) is 5.69. The quantitative estimate of drug-likeness (QED) is 0.836. The van der Waals surface area contributed by atoms with Crippen LogP contribution in [0.15, 0.2) is 29.2 Å². The summed E-state index contributed by atoms with van der Waals surface area (Å²) >= 11 is 0. The van der Waals surface area contributed by atoms with E-state index in [0.717, 1.165) is 32.4 Å². The summed E-state index contributed by atoms with van der Waals surface area (Å²) in [5.41, 5.74) is 0.562. The zero-order valence-corrected chi connectivity index (χ0v) is 16.8. The normalized spacial score (nSPS) is 26.0. The number of quaternary nitrogens is 1. The molecule has 2 aliphatic heterocycles. The number of carbonyl (C=O) groups is 1. The van der Waals surface area contributed by atoms with Gasteiger partial charge in [-0.05, 0) is 57.4 Å². The highest BCUT2D eigenvalue weighted by molar-refractivity contribution is 7.89. The number of sulfonamides is 1. The van der Waals surface area contributed by atoms with Crippen LogP contribution in [0.1, 0.15) is 43.5 Å². The lowest BCUT2D eigenvalue weighted by Crippen LogP contribution is -3.12. The molecular formula is C19H30N3O3S+. The monoisotopic (exact) mass is 380 g/mol. The minimum Gasteiger partial charge on any atom is -0.335 e. The average Bonchev–Trinajstić information content (AvgIpc) is 2.62. The van der Waals surface area contributed by atoms with E-state index in [1.165, 1.54) is 4.90 Å².